The van der Waals surface area contributed by atoms with Crippen LogP contribution in [0, 0.1) is 0 Å². The maximum absolute atomic E-state index is 12.3. The van der Waals surface area contributed by atoms with Gasteiger partial charge in [-0.3, -0.25) is 4.68 Å². The maximum Gasteiger partial charge on any atom is 0.387 e. The van der Waals surface area contributed by atoms with E-state index in [1.807, 2.05) is 13.2 Å². The molecule has 0 saturated heterocycles. The number of aliphatic hydroxyl groups excluding tert-OH is 1. The molecule has 0 spiro atoms. The molecule has 4 nitrogen and oxygen atoms in total. The van der Waals surface area contributed by atoms with Crippen LogP contribution in [-0.2, 0) is 13.5 Å². The molecule has 6 heteroatoms. The molecule has 1 aromatic heterocycles. The number of aromatic nitrogens is 2. The molecule has 1 unspecified atom stereocenters. The maximum atomic E-state index is 12.3. The molecule has 1 heterocycles. The lowest BCUT2D eigenvalue weighted by molar-refractivity contribution is -0.0516. The summed E-state index contributed by atoms with van der Waals surface area (Å²) in [6.45, 7) is -2.90. The van der Waals surface area contributed by atoms with E-state index >= 15 is 0 Å². The first kappa shape index (κ1) is 14.5. The summed E-state index contributed by atoms with van der Waals surface area (Å²) in [5.41, 5.74) is 1.36. The Morgan fingerprint density at radius 3 is 2.75 bits per heavy atom. The van der Waals surface area contributed by atoms with Gasteiger partial charge in [0.2, 0.25) is 0 Å². The highest BCUT2D eigenvalue weighted by atomic mass is 19.3. The summed E-state index contributed by atoms with van der Waals surface area (Å²) < 4.78 is 30.7. The van der Waals surface area contributed by atoms with Gasteiger partial charge in [0, 0.05) is 18.8 Å². The number of benzene rings is 1. The van der Waals surface area contributed by atoms with E-state index < -0.39 is 12.7 Å². The molecule has 0 aliphatic carbocycles. The molecular formula is C14H16F2N2O2. The van der Waals surface area contributed by atoms with Crippen molar-refractivity contribution in [3.63, 3.8) is 0 Å². The van der Waals surface area contributed by atoms with Crippen LogP contribution >= 0.6 is 0 Å². The highest BCUT2D eigenvalue weighted by Gasteiger charge is 2.16. The molecule has 20 heavy (non-hydrogen) atoms. The lowest BCUT2D eigenvalue weighted by Crippen LogP contribution is -2.07. The number of halogens is 2. The average molecular weight is 282 g/mol. The first-order valence-corrected chi connectivity index (χ1v) is 6.25. The summed E-state index contributed by atoms with van der Waals surface area (Å²) in [6, 6.07) is 6.29. The van der Waals surface area contributed by atoms with E-state index in [2.05, 4.69) is 9.84 Å². The Kier molecular flexibility index (Phi) is 4.68. The van der Waals surface area contributed by atoms with Crippen molar-refractivity contribution < 1.29 is 18.6 Å². The Balaban J connectivity index is 2.03. The van der Waals surface area contributed by atoms with Gasteiger partial charge in [0.1, 0.15) is 5.75 Å². The molecule has 0 bridgehead atoms. The largest absolute Gasteiger partial charge is 0.434 e. The van der Waals surface area contributed by atoms with Crippen LogP contribution in [0.25, 0.3) is 0 Å². The highest BCUT2D eigenvalue weighted by molar-refractivity contribution is 5.35. The molecule has 0 aliphatic heterocycles. The number of hydrogen-bond donors (Lipinski definition) is 1. The normalized spacial score (nSPS) is 12.7. The molecular weight excluding hydrogens is 266 g/mol. The van der Waals surface area contributed by atoms with E-state index in [9.17, 15) is 13.9 Å². The van der Waals surface area contributed by atoms with E-state index in [4.69, 9.17) is 0 Å². The van der Waals surface area contributed by atoms with Gasteiger partial charge in [0.05, 0.1) is 12.3 Å². The minimum Gasteiger partial charge on any atom is -0.434 e. The van der Waals surface area contributed by atoms with Gasteiger partial charge < -0.3 is 9.84 Å². The summed E-state index contributed by atoms with van der Waals surface area (Å²) in [5, 5.41) is 14.2. The molecule has 108 valence electrons. The third-order valence-corrected chi connectivity index (χ3v) is 2.96. The van der Waals surface area contributed by atoms with Gasteiger partial charge in [0.25, 0.3) is 0 Å². The number of rotatable bonds is 6. The Morgan fingerprint density at radius 2 is 2.10 bits per heavy atom. The number of para-hydroxylation sites is 1. The lowest BCUT2D eigenvalue weighted by Gasteiger charge is -2.15. The van der Waals surface area contributed by atoms with E-state index in [1.54, 1.807) is 29.1 Å². The molecule has 0 aliphatic rings. The Bertz CT molecular complexity index is 558. The molecule has 2 aromatic rings. The van der Waals surface area contributed by atoms with Crippen LogP contribution in [0.1, 0.15) is 23.7 Å². The smallest absolute Gasteiger partial charge is 0.387 e. The zero-order valence-electron chi connectivity index (χ0n) is 11.0. The van der Waals surface area contributed by atoms with Crippen molar-refractivity contribution >= 4 is 0 Å². The Labute approximate surface area is 115 Å². The van der Waals surface area contributed by atoms with E-state index in [0.717, 1.165) is 5.56 Å². The van der Waals surface area contributed by atoms with Gasteiger partial charge in [-0.15, -0.1) is 0 Å². The number of aryl methyl sites for hydroxylation is 2. The number of aliphatic hydroxyl groups is 1. The zero-order chi connectivity index (χ0) is 14.5. The van der Waals surface area contributed by atoms with Crippen LogP contribution in [0.15, 0.2) is 36.7 Å². The van der Waals surface area contributed by atoms with Crippen molar-refractivity contribution in [2.24, 2.45) is 7.05 Å². The van der Waals surface area contributed by atoms with Gasteiger partial charge in [-0.2, -0.15) is 13.9 Å². The second-order valence-corrected chi connectivity index (χ2v) is 4.49. The standard InChI is InChI=1S/C14H16F2N2O2/c1-18-9-10(8-17-18)6-7-12(19)11-4-2-3-5-13(11)20-14(15)16/h2-5,8-9,12,14,19H,6-7H2,1H3. The second kappa shape index (κ2) is 6.47. The first-order chi connectivity index (χ1) is 9.56. The van der Waals surface area contributed by atoms with Gasteiger partial charge >= 0.3 is 6.61 Å². The SMILES string of the molecule is Cn1cc(CCC(O)c2ccccc2OC(F)F)cn1. The van der Waals surface area contributed by atoms with E-state index in [-0.39, 0.29) is 5.75 Å². The van der Waals surface area contributed by atoms with Crippen LogP contribution in [0.2, 0.25) is 0 Å². The fourth-order valence-corrected chi connectivity index (χ4v) is 2.02. The van der Waals surface area contributed by atoms with Crippen molar-refractivity contribution in [2.75, 3.05) is 0 Å². The van der Waals surface area contributed by atoms with Crippen LogP contribution in [0.3, 0.4) is 0 Å². The molecule has 1 aromatic carbocycles. The quantitative estimate of drug-likeness (QED) is 0.886. The first-order valence-electron chi connectivity index (χ1n) is 6.25. The van der Waals surface area contributed by atoms with Crippen molar-refractivity contribution in [3.8, 4) is 5.75 Å². The summed E-state index contributed by atoms with van der Waals surface area (Å²) in [5.74, 6) is 0.0150. The average Bonchev–Trinajstić information content (AvgIpc) is 2.82. The molecule has 0 saturated carbocycles. The monoisotopic (exact) mass is 282 g/mol. The zero-order valence-corrected chi connectivity index (χ0v) is 11.0. The fraction of sp³-hybridized carbons (Fsp3) is 0.357. The topological polar surface area (TPSA) is 47.3 Å². The van der Waals surface area contributed by atoms with Crippen LogP contribution < -0.4 is 4.74 Å². The van der Waals surface area contributed by atoms with Crippen LogP contribution in [0.5, 0.6) is 5.75 Å². The number of nitrogens with zero attached hydrogens (tertiary/aromatic N) is 2. The third kappa shape index (κ3) is 3.77. The molecule has 0 radical (unpaired) electrons. The lowest BCUT2D eigenvalue weighted by atomic mass is 10.0. The summed E-state index contributed by atoms with van der Waals surface area (Å²) in [6.07, 6.45) is 3.74. The molecule has 1 atom stereocenters. The highest BCUT2D eigenvalue weighted by Crippen LogP contribution is 2.29. The summed E-state index contributed by atoms with van der Waals surface area (Å²) in [4.78, 5) is 0. The van der Waals surface area contributed by atoms with Crippen LogP contribution in [0.4, 0.5) is 8.78 Å². The Hall–Kier alpha value is -1.95. The minimum absolute atomic E-state index is 0.0150. The van der Waals surface area contributed by atoms with Crippen molar-refractivity contribution in [1.82, 2.24) is 9.78 Å². The van der Waals surface area contributed by atoms with Crippen molar-refractivity contribution in [2.45, 2.75) is 25.6 Å². The summed E-state index contributed by atoms with van der Waals surface area (Å²) in [7, 11) is 1.81. The number of ether oxygens (including phenoxy) is 1. The predicted molar refractivity (Wildman–Crippen MR) is 69.6 cm³/mol. The fourth-order valence-electron chi connectivity index (χ4n) is 2.02. The number of hydrogen-bond acceptors (Lipinski definition) is 3. The van der Waals surface area contributed by atoms with Crippen molar-refractivity contribution in [1.29, 1.82) is 0 Å². The predicted octanol–water partition coefficient (Wildman–Crippen LogP) is 2.69. The molecule has 2 rings (SSSR count). The third-order valence-electron chi connectivity index (χ3n) is 2.96. The minimum atomic E-state index is -2.90. The molecule has 1 N–H and O–H groups in total. The van der Waals surface area contributed by atoms with E-state index in [1.165, 1.54) is 6.07 Å². The number of alkyl halides is 2. The van der Waals surface area contributed by atoms with Crippen LogP contribution in [-0.4, -0.2) is 21.5 Å². The van der Waals surface area contributed by atoms with Gasteiger partial charge in [-0.05, 0) is 24.5 Å². The van der Waals surface area contributed by atoms with Gasteiger partial charge in [-0.1, -0.05) is 18.2 Å². The van der Waals surface area contributed by atoms with Gasteiger partial charge in [0.15, 0.2) is 0 Å². The molecule has 0 fully saturated rings. The summed E-state index contributed by atoms with van der Waals surface area (Å²) >= 11 is 0. The molecule has 0 amide bonds. The second-order valence-electron chi connectivity index (χ2n) is 4.49. The van der Waals surface area contributed by atoms with Crippen molar-refractivity contribution in [3.05, 3.63) is 47.8 Å². The Morgan fingerprint density at radius 1 is 1.35 bits per heavy atom. The van der Waals surface area contributed by atoms with Gasteiger partial charge in [-0.25, -0.2) is 0 Å². The van der Waals surface area contributed by atoms with E-state index in [0.29, 0.717) is 18.4 Å².